The van der Waals surface area contributed by atoms with Gasteiger partial charge in [0.2, 0.25) is 0 Å². The highest BCUT2D eigenvalue weighted by Crippen LogP contribution is 2.55. The summed E-state index contributed by atoms with van der Waals surface area (Å²) in [6.45, 7) is 22.2. The molecule has 53 heavy (non-hydrogen) atoms. The minimum atomic E-state index is -0.460. The summed E-state index contributed by atoms with van der Waals surface area (Å²) in [6.07, 6.45) is 9.17. The molecule has 2 aromatic carbocycles. The van der Waals surface area contributed by atoms with Crippen molar-refractivity contribution >= 4 is 67.9 Å². The number of benzene rings is 2. The van der Waals surface area contributed by atoms with Crippen molar-refractivity contribution in [2.45, 2.75) is 107 Å². The van der Waals surface area contributed by atoms with E-state index in [9.17, 15) is 4.79 Å². The van der Waals surface area contributed by atoms with Crippen molar-refractivity contribution in [3.8, 4) is 11.1 Å². The molecule has 3 aliphatic rings. The lowest BCUT2D eigenvalue weighted by Gasteiger charge is -2.58. The molecule has 1 atom stereocenters. The minimum absolute atomic E-state index is 0. The first-order valence-electron chi connectivity index (χ1n) is 18.6. The van der Waals surface area contributed by atoms with Gasteiger partial charge in [-0.25, -0.2) is 9.25 Å². The largest absolute Gasteiger partial charge is 0.444 e. The van der Waals surface area contributed by atoms with Crippen molar-refractivity contribution in [3.63, 3.8) is 0 Å². The molecule has 1 aliphatic carbocycles. The smallest absolute Gasteiger partial charge is 0.410 e. The Bertz CT molecular complexity index is 2000. The molecule has 1 spiro atoms. The number of hydrogen-bond acceptors (Lipinski definition) is 6. The second-order valence-electron chi connectivity index (χ2n) is 15.3. The molecule has 288 valence electrons. The zero-order valence-corrected chi connectivity index (χ0v) is 35.8. The molecule has 5 heterocycles. The lowest BCUT2D eigenvalue weighted by molar-refractivity contribution is -0.0931. The predicted molar refractivity (Wildman–Crippen MR) is 230 cm³/mol. The van der Waals surface area contributed by atoms with Crippen LogP contribution in [0.1, 0.15) is 90.7 Å². The fourth-order valence-corrected chi connectivity index (χ4v) is 9.72. The Hall–Kier alpha value is -2.73. The molecule has 2 saturated heterocycles. The van der Waals surface area contributed by atoms with E-state index in [4.69, 9.17) is 21.4 Å². The maximum absolute atomic E-state index is 12.3. The molecule has 0 bridgehead atoms. The summed E-state index contributed by atoms with van der Waals surface area (Å²) in [7, 11) is 0. The normalized spacial score (nSPS) is 17.0. The average molecular weight is 875 g/mol. The Morgan fingerprint density at radius 1 is 1.04 bits per heavy atom. The lowest BCUT2D eigenvalue weighted by Crippen LogP contribution is -2.64. The highest BCUT2D eigenvalue weighted by atomic mass is 127. The van der Waals surface area contributed by atoms with E-state index in [2.05, 4.69) is 97.7 Å². The molecule has 13 heteroatoms. The Labute approximate surface area is 335 Å². The summed E-state index contributed by atoms with van der Waals surface area (Å²) in [5.41, 5.74) is 7.27. The SMILES string of the molecule is C.CC.Cc1cc2c(cnn2PI)c(-c2c(C)nn(C3CC4(C3)CN(C(=O)OC(C)(C)C)C4)c2C)c1Cl.c1ccc2nn(CCN3CCCC3)cc2c1. The molecule has 0 N–H and O–H groups in total. The van der Waals surface area contributed by atoms with Crippen LogP contribution in [0, 0.1) is 26.2 Å². The van der Waals surface area contributed by atoms with Gasteiger partial charge in [0.25, 0.3) is 0 Å². The summed E-state index contributed by atoms with van der Waals surface area (Å²) in [5, 5.41) is 17.2. The van der Waals surface area contributed by atoms with Gasteiger partial charge in [-0.1, -0.05) is 51.1 Å². The highest BCUT2D eigenvalue weighted by molar-refractivity contribution is 14.2. The lowest BCUT2D eigenvalue weighted by atomic mass is 9.61. The second kappa shape index (κ2) is 17.0. The van der Waals surface area contributed by atoms with Crippen molar-refractivity contribution in [1.29, 1.82) is 0 Å². The van der Waals surface area contributed by atoms with Gasteiger partial charge in [0.1, 0.15) is 5.60 Å². The number of aromatic nitrogens is 6. The van der Waals surface area contributed by atoms with Gasteiger partial charge in [-0.3, -0.25) is 9.36 Å². The van der Waals surface area contributed by atoms with Crippen LogP contribution in [0.4, 0.5) is 4.79 Å². The molecule has 10 nitrogen and oxygen atoms in total. The summed E-state index contributed by atoms with van der Waals surface area (Å²) in [4.78, 5) is 16.7. The van der Waals surface area contributed by atoms with E-state index in [-0.39, 0.29) is 18.9 Å². The second-order valence-corrected chi connectivity index (χ2v) is 17.8. The number of halogens is 2. The number of ether oxygens (including phenoxy) is 1. The van der Waals surface area contributed by atoms with Crippen LogP contribution in [0.15, 0.2) is 42.7 Å². The van der Waals surface area contributed by atoms with Crippen LogP contribution in [0.2, 0.25) is 5.02 Å². The van der Waals surface area contributed by atoms with Crippen LogP contribution >= 0.6 is 40.0 Å². The first-order chi connectivity index (χ1) is 24.8. The standard InChI is InChI=1S/C24H30ClIN5O2P.C13H17N3.C2H6.CH4/c1-13-7-18-17(10-27-31(18)34-26)20(21(13)25)19-14(2)28-30(15(19)3)16-8-24(9-16)11-29(12-24)22(32)33-23(4,5)6;1-2-6-13-12(5-1)11-16(14-13)10-9-15-7-3-4-8-15;1-2;/h7,10,16,34H,8-9,11-12H2,1-6H3;1-2,5-6,11H,3-4,7-10H2;1-2H3;1H4. The van der Waals surface area contributed by atoms with Crippen molar-refractivity contribution in [2.75, 3.05) is 32.7 Å². The molecule has 1 amide bonds. The van der Waals surface area contributed by atoms with Crippen LogP contribution in [0.3, 0.4) is 0 Å². The fraction of sp³-hybridized carbons (Fsp3) is 0.550. The van der Waals surface area contributed by atoms with E-state index in [1.165, 1.54) is 31.3 Å². The van der Waals surface area contributed by atoms with Crippen molar-refractivity contribution in [3.05, 3.63) is 64.7 Å². The summed E-state index contributed by atoms with van der Waals surface area (Å²) in [6, 6.07) is 10.8. The minimum Gasteiger partial charge on any atom is -0.444 e. The van der Waals surface area contributed by atoms with E-state index in [1.54, 1.807) is 0 Å². The van der Waals surface area contributed by atoms with Gasteiger partial charge in [0, 0.05) is 58.8 Å². The first-order valence-corrected chi connectivity index (χ1v) is 23.0. The Morgan fingerprint density at radius 2 is 1.72 bits per heavy atom. The van der Waals surface area contributed by atoms with Crippen molar-refractivity contribution in [2.24, 2.45) is 5.41 Å². The third kappa shape index (κ3) is 8.73. The third-order valence-corrected chi connectivity index (χ3v) is 12.7. The van der Waals surface area contributed by atoms with Crippen LogP contribution in [-0.2, 0) is 11.3 Å². The van der Waals surface area contributed by atoms with Gasteiger partial charge >= 0.3 is 6.09 Å². The number of fused-ring (bicyclic) bond motifs is 2. The Balaban J connectivity index is 0.000000238. The average Bonchev–Trinajstić information content (AvgIpc) is 3.87. The number of likely N-dealkylation sites (tertiary alicyclic amines) is 2. The highest BCUT2D eigenvalue weighted by Gasteiger charge is 2.55. The van der Waals surface area contributed by atoms with E-state index in [0.717, 1.165) is 88.5 Å². The van der Waals surface area contributed by atoms with E-state index in [1.807, 2.05) is 56.2 Å². The van der Waals surface area contributed by atoms with Gasteiger partial charge in [-0.2, -0.15) is 15.3 Å². The maximum atomic E-state index is 12.3. The zero-order chi connectivity index (χ0) is 37.4. The topological polar surface area (TPSA) is 86.2 Å². The molecule has 1 saturated carbocycles. The number of aryl methyl sites for hydroxylation is 2. The van der Waals surface area contributed by atoms with Gasteiger partial charge in [-0.05, 0) is 120 Å². The van der Waals surface area contributed by atoms with Crippen molar-refractivity contribution in [1.82, 2.24) is 38.9 Å². The van der Waals surface area contributed by atoms with Gasteiger partial charge in [-0.15, -0.1) is 0 Å². The van der Waals surface area contributed by atoms with E-state index < -0.39 is 5.60 Å². The van der Waals surface area contributed by atoms with Gasteiger partial charge < -0.3 is 14.5 Å². The molecule has 1 unspecified atom stereocenters. The number of carbonyl (C=O) groups is 1. The van der Waals surface area contributed by atoms with Crippen LogP contribution in [0.25, 0.3) is 32.9 Å². The summed E-state index contributed by atoms with van der Waals surface area (Å²) < 4.78 is 11.8. The summed E-state index contributed by atoms with van der Waals surface area (Å²) in [5.74, 6) is 0. The van der Waals surface area contributed by atoms with Crippen LogP contribution in [0.5, 0.6) is 0 Å². The molecule has 3 aromatic heterocycles. The van der Waals surface area contributed by atoms with Gasteiger partial charge in [0.05, 0.1) is 46.9 Å². The number of amides is 1. The molecule has 2 aliphatic heterocycles. The Kier molecular flexibility index (Phi) is 13.3. The van der Waals surface area contributed by atoms with E-state index >= 15 is 0 Å². The maximum Gasteiger partial charge on any atom is 0.410 e. The van der Waals surface area contributed by atoms with Crippen LogP contribution < -0.4 is 0 Å². The van der Waals surface area contributed by atoms with E-state index in [0.29, 0.717) is 12.4 Å². The van der Waals surface area contributed by atoms with Crippen molar-refractivity contribution < 1.29 is 9.53 Å². The number of carbonyl (C=O) groups excluding carboxylic acids is 1. The zero-order valence-electron chi connectivity index (χ0n) is 31.8. The predicted octanol–water partition coefficient (Wildman–Crippen LogP) is 10.6. The molecular formula is C40H57ClIN8O2P. The third-order valence-electron chi connectivity index (χ3n) is 10.3. The first kappa shape index (κ1) is 41.4. The quantitative estimate of drug-likeness (QED) is 0.125. The fourth-order valence-electron chi connectivity index (χ4n) is 7.94. The number of rotatable bonds is 6. The molecular weight excluding hydrogens is 818 g/mol. The Morgan fingerprint density at radius 3 is 2.36 bits per heavy atom. The van der Waals surface area contributed by atoms with Crippen LogP contribution in [-0.4, -0.2) is 83.3 Å². The number of nitrogens with zero attached hydrogens (tertiary/aromatic N) is 8. The monoisotopic (exact) mass is 874 g/mol. The molecule has 0 radical (unpaired) electrons. The summed E-state index contributed by atoms with van der Waals surface area (Å²) >= 11 is 9.24. The number of hydrogen-bond donors (Lipinski definition) is 0. The molecule has 5 aromatic rings. The van der Waals surface area contributed by atoms with Gasteiger partial charge in [0.15, 0.2) is 0 Å². The molecule has 3 fully saturated rings. The molecule has 8 rings (SSSR count).